The van der Waals surface area contributed by atoms with Crippen LogP contribution in [0.4, 0.5) is 0 Å². The van der Waals surface area contributed by atoms with Crippen molar-refractivity contribution in [1.82, 2.24) is 15.1 Å². The molecule has 0 bridgehead atoms. The van der Waals surface area contributed by atoms with Gasteiger partial charge in [0.2, 0.25) is 0 Å². The zero-order valence-electron chi connectivity index (χ0n) is 10.4. The average Bonchev–Trinajstić information content (AvgIpc) is 2.89. The molecule has 0 aromatic carbocycles. The third kappa shape index (κ3) is 2.85. The van der Waals surface area contributed by atoms with Crippen molar-refractivity contribution in [2.75, 3.05) is 6.54 Å². The van der Waals surface area contributed by atoms with Gasteiger partial charge < -0.3 is 5.32 Å². The first-order valence-corrected chi connectivity index (χ1v) is 6.56. The molecule has 1 fully saturated rings. The zero-order valence-corrected chi connectivity index (χ0v) is 10.4. The van der Waals surface area contributed by atoms with E-state index in [4.69, 9.17) is 0 Å². The summed E-state index contributed by atoms with van der Waals surface area (Å²) in [4.78, 5) is 0. The second-order valence-electron chi connectivity index (χ2n) is 4.84. The molecule has 90 valence electrons. The van der Waals surface area contributed by atoms with Crippen LogP contribution in [-0.2, 0) is 13.0 Å². The van der Waals surface area contributed by atoms with Gasteiger partial charge in [-0.2, -0.15) is 5.10 Å². The summed E-state index contributed by atoms with van der Waals surface area (Å²) in [7, 11) is 0. The van der Waals surface area contributed by atoms with Crippen LogP contribution < -0.4 is 5.32 Å². The van der Waals surface area contributed by atoms with Crippen LogP contribution >= 0.6 is 0 Å². The second-order valence-corrected chi connectivity index (χ2v) is 4.84. The summed E-state index contributed by atoms with van der Waals surface area (Å²) in [5, 5.41) is 7.89. The lowest BCUT2D eigenvalue weighted by Gasteiger charge is -2.10. The van der Waals surface area contributed by atoms with E-state index in [0.29, 0.717) is 0 Å². The number of aromatic nitrogens is 2. The number of aryl methyl sites for hydroxylation is 1. The van der Waals surface area contributed by atoms with Gasteiger partial charge >= 0.3 is 0 Å². The number of rotatable bonds is 5. The van der Waals surface area contributed by atoms with Crippen molar-refractivity contribution in [3.05, 3.63) is 18.0 Å². The van der Waals surface area contributed by atoms with Gasteiger partial charge in [0.05, 0.1) is 6.20 Å². The Hall–Kier alpha value is -0.830. The van der Waals surface area contributed by atoms with Crippen LogP contribution in [0.3, 0.4) is 0 Å². The SMILES string of the molecule is CCNC1CCC(Cc2cnn(CC)c2)C1. The minimum absolute atomic E-state index is 0.760. The Balaban J connectivity index is 1.82. The molecule has 2 rings (SSSR count). The summed E-state index contributed by atoms with van der Waals surface area (Å²) in [6.07, 6.45) is 9.49. The van der Waals surface area contributed by atoms with Crippen molar-refractivity contribution in [1.29, 1.82) is 0 Å². The molecule has 1 N–H and O–H groups in total. The largest absolute Gasteiger partial charge is 0.314 e. The first kappa shape index (κ1) is 11.6. The van der Waals surface area contributed by atoms with Gasteiger partial charge in [-0.15, -0.1) is 0 Å². The molecule has 0 saturated heterocycles. The average molecular weight is 221 g/mol. The lowest BCUT2D eigenvalue weighted by atomic mass is 10.00. The normalized spacial score (nSPS) is 25.1. The Morgan fingerprint density at radius 2 is 2.31 bits per heavy atom. The standard InChI is InChI=1S/C13H23N3/c1-3-14-13-6-5-11(8-13)7-12-9-15-16(4-2)10-12/h9-11,13-14H,3-8H2,1-2H3. The molecule has 1 aliphatic carbocycles. The molecule has 1 aromatic rings. The first-order valence-electron chi connectivity index (χ1n) is 6.56. The Kier molecular flexibility index (Phi) is 3.99. The third-order valence-electron chi connectivity index (χ3n) is 3.57. The van der Waals surface area contributed by atoms with E-state index in [1.54, 1.807) is 0 Å². The van der Waals surface area contributed by atoms with Gasteiger partial charge in [0.25, 0.3) is 0 Å². The van der Waals surface area contributed by atoms with Crippen LogP contribution in [0.2, 0.25) is 0 Å². The second kappa shape index (κ2) is 5.48. The van der Waals surface area contributed by atoms with Crippen molar-refractivity contribution in [2.45, 2.75) is 52.1 Å². The Morgan fingerprint density at radius 1 is 1.44 bits per heavy atom. The van der Waals surface area contributed by atoms with Gasteiger partial charge in [-0.3, -0.25) is 4.68 Å². The number of nitrogens with zero attached hydrogens (tertiary/aromatic N) is 2. The Labute approximate surface area is 98.2 Å². The molecule has 3 nitrogen and oxygen atoms in total. The minimum atomic E-state index is 0.760. The maximum absolute atomic E-state index is 4.33. The molecule has 2 unspecified atom stereocenters. The highest BCUT2D eigenvalue weighted by atomic mass is 15.3. The molecule has 16 heavy (non-hydrogen) atoms. The van der Waals surface area contributed by atoms with Gasteiger partial charge in [0.15, 0.2) is 0 Å². The maximum Gasteiger partial charge on any atom is 0.0521 e. The number of hydrogen-bond donors (Lipinski definition) is 1. The summed E-state index contributed by atoms with van der Waals surface area (Å²) >= 11 is 0. The molecule has 1 aliphatic rings. The summed E-state index contributed by atoms with van der Waals surface area (Å²) < 4.78 is 2.02. The monoisotopic (exact) mass is 221 g/mol. The van der Waals surface area contributed by atoms with Gasteiger partial charge in [0.1, 0.15) is 0 Å². The molecule has 0 radical (unpaired) electrons. The van der Waals surface area contributed by atoms with Crippen LogP contribution in [0.5, 0.6) is 0 Å². The van der Waals surface area contributed by atoms with Gasteiger partial charge in [-0.05, 0) is 50.6 Å². The molecular weight excluding hydrogens is 198 g/mol. The molecule has 1 saturated carbocycles. The van der Waals surface area contributed by atoms with Crippen molar-refractivity contribution >= 4 is 0 Å². The lowest BCUT2D eigenvalue weighted by Crippen LogP contribution is -2.25. The fraction of sp³-hybridized carbons (Fsp3) is 0.769. The van der Waals surface area contributed by atoms with Crippen molar-refractivity contribution in [3.63, 3.8) is 0 Å². The van der Waals surface area contributed by atoms with Crippen LogP contribution in [0.15, 0.2) is 12.4 Å². The van der Waals surface area contributed by atoms with Gasteiger partial charge in [0, 0.05) is 18.8 Å². The topological polar surface area (TPSA) is 29.9 Å². The highest BCUT2D eigenvalue weighted by molar-refractivity contribution is 5.06. The molecule has 3 heteroatoms. The van der Waals surface area contributed by atoms with Crippen LogP contribution in [0, 0.1) is 5.92 Å². The fourth-order valence-corrected chi connectivity index (χ4v) is 2.75. The van der Waals surface area contributed by atoms with Crippen LogP contribution in [0.1, 0.15) is 38.7 Å². The molecule has 2 atom stereocenters. The van der Waals surface area contributed by atoms with Crippen LogP contribution in [-0.4, -0.2) is 22.4 Å². The summed E-state index contributed by atoms with van der Waals surface area (Å²) in [5.74, 6) is 0.860. The zero-order chi connectivity index (χ0) is 11.4. The molecular formula is C13H23N3. The minimum Gasteiger partial charge on any atom is -0.314 e. The summed E-state index contributed by atoms with van der Waals surface area (Å²) in [6.45, 7) is 6.40. The highest BCUT2D eigenvalue weighted by Gasteiger charge is 2.24. The third-order valence-corrected chi connectivity index (χ3v) is 3.57. The van der Waals surface area contributed by atoms with Crippen molar-refractivity contribution < 1.29 is 0 Å². The van der Waals surface area contributed by atoms with E-state index >= 15 is 0 Å². The molecule has 0 spiro atoms. The Bertz CT molecular complexity index is 319. The predicted molar refractivity (Wildman–Crippen MR) is 66.4 cm³/mol. The fourth-order valence-electron chi connectivity index (χ4n) is 2.75. The molecule has 0 aliphatic heterocycles. The number of hydrogen-bond acceptors (Lipinski definition) is 2. The van der Waals surface area contributed by atoms with E-state index in [0.717, 1.165) is 25.0 Å². The lowest BCUT2D eigenvalue weighted by molar-refractivity contribution is 0.493. The number of nitrogens with one attached hydrogen (secondary N) is 1. The van der Waals surface area contributed by atoms with E-state index < -0.39 is 0 Å². The van der Waals surface area contributed by atoms with E-state index in [2.05, 4.69) is 30.5 Å². The summed E-state index contributed by atoms with van der Waals surface area (Å²) in [6, 6.07) is 0.760. The van der Waals surface area contributed by atoms with Crippen molar-refractivity contribution in [3.8, 4) is 0 Å². The molecule has 1 aromatic heterocycles. The van der Waals surface area contributed by atoms with Gasteiger partial charge in [-0.25, -0.2) is 0 Å². The summed E-state index contributed by atoms with van der Waals surface area (Å²) in [5.41, 5.74) is 1.41. The van der Waals surface area contributed by atoms with Crippen molar-refractivity contribution in [2.24, 2.45) is 5.92 Å². The first-order chi connectivity index (χ1) is 7.81. The van der Waals surface area contributed by atoms with E-state index in [1.807, 2.05) is 10.9 Å². The predicted octanol–water partition coefficient (Wildman–Crippen LogP) is 2.22. The van der Waals surface area contributed by atoms with E-state index in [1.165, 1.54) is 31.2 Å². The quantitative estimate of drug-likeness (QED) is 0.826. The molecule has 1 heterocycles. The maximum atomic E-state index is 4.33. The molecule has 0 amide bonds. The van der Waals surface area contributed by atoms with E-state index in [9.17, 15) is 0 Å². The smallest absolute Gasteiger partial charge is 0.0521 e. The van der Waals surface area contributed by atoms with Gasteiger partial charge in [-0.1, -0.05) is 6.92 Å². The van der Waals surface area contributed by atoms with Crippen LogP contribution in [0.25, 0.3) is 0 Å². The van der Waals surface area contributed by atoms with E-state index in [-0.39, 0.29) is 0 Å². The highest BCUT2D eigenvalue weighted by Crippen LogP contribution is 2.28. The Morgan fingerprint density at radius 3 is 3.00 bits per heavy atom.